The molecule has 1 atom stereocenters. The molecule has 1 rings (SSSR count). The quantitative estimate of drug-likeness (QED) is 0.805. The van der Waals surface area contributed by atoms with Crippen LogP contribution < -0.4 is 4.74 Å². The summed E-state index contributed by atoms with van der Waals surface area (Å²) < 4.78 is 5.65. The Balaban J connectivity index is 2.59. The van der Waals surface area contributed by atoms with Gasteiger partial charge in [0.1, 0.15) is 5.75 Å². The van der Waals surface area contributed by atoms with Crippen molar-refractivity contribution in [2.24, 2.45) is 5.92 Å². The van der Waals surface area contributed by atoms with E-state index in [-0.39, 0.29) is 0 Å². The summed E-state index contributed by atoms with van der Waals surface area (Å²) in [6, 6.07) is 7.64. The molecule has 1 N–H and O–H groups in total. The highest BCUT2D eigenvalue weighted by molar-refractivity contribution is 5.34. The number of aliphatic hydroxyl groups excluding tert-OH is 1. The molecule has 0 aliphatic carbocycles. The highest BCUT2D eigenvalue weighted by Crippen LogP contribution is 2.24. The molecule has 0 saturated heterocycles. The third kappa shape index (κ3) is 3.92. The van der Waals surface area contributed by atoms with Crippen LogP contribution in [0, 0.1) is 5.92 Å². The molecule has 0 spiro atoms. The molecule has 0 bridgehead atoms. The van der Waals surface area contributed by atoms with Gasteiger partial charge in [0, 0.05) is 5.56 Å². The van der Waals surface area contributed by atoms with E-state index in [0.29, 0.717) is 12.5 Å². The minimum atomic E-state index is -0.472. The van der Waals surface area contributed by atoms with E-state index in [1.165, 1.54) is 0 Å². The van der Waals surface area contributed by atoms with Crippen molar-refractivity contribution in [2.75, 3.05) is 6.61 Å². The molecule has 0 aromatic heterocycles. The van der Waals surface area contributed by atoms with Crippen LogP contribution in [0.2, 0.25) is 0 Å². The predicted octanol–water partition coefficient (Wildman–Crippen LogP) is 3.16. The van der Waals surface area contributed by atoms with Crippen molar-refractivity contribution in [2.45, 2.75) is 33.3 Å². The minimum Gasteiger partial charge on any atom is -0.493 e. The second kappa shape index (κ2) is 5.76. The molecule has 0 fully saturated rings. The highest BCUT2D eigenvalue weighted by atomic mass is 16.5. The molecule has 0 unspecified atom stereocenters. The Morgan fingerprint density at radius 2 is 1.87 bits per heavy atom. The first-order valence-corrected chi connectivity index (χ1v) is 5.51. The summed E-state index contributed by atoms with van der Waals surface area (Å²) in [7, 11) is 0. The van der Waals surface area contributed by atoms with Gasteiger partial charge in [0.2, 0.25) is 0 Å². The molecule has 2 nitrogen and oxygen atoms in total. The van der Waals surface area contributed by atoms with Crippen LogP contribution >= 0.6 is 0 Å². The van der Waals surface area contributed by atoms with Gasteiger partial charge in [0.05, 0.1) is 12.7 Å². The molecule has 0 aliphatic rings. The van der Waals surface area contributed by atoms with E-state index in [4.69, 9.17) is 4.74 Å². The van der Waals surface area contributed by atoms with E-state index in [0.717, 1.165) is 17.7 Å². The van der Waals surface area contributed by atoms with Crippen molar-refractivity contribution >= 4 is 0 Å². The fourth-order valence-electron chi connectivity index (χ4n) is 1.36. The topological polar surface area (TPSA) is 29.5 Å². The molecule has 1 aromatic carbocycles. The van der Waals surface area contributed by atoms with Crippen LogP contribution in [-0.2, 0) is 0 Å². The van der Waals surface area contributed by atoms with E-state index in [1.807, 2.05) is 24.3 Å². The van der Waals surface area contributed by atoms with Crippen molar-refractivity contribution in [3.8, 4) is 5.75 Å². The standard InChI is InChI=1S/C13H20O2/c1-10(2)8-9-15-13-7-5-4-6-12(13)11(3)14/h4-7,10-11,14H,8-9H2,1-3H3/t11-/m1/s1. The van der Waals surface area contributed by atoms with E-state index >= 15 is 0 Å². The molecule has 0 heterocycles. The molecule has 0 radical (unpaired) electrons. The second-order valence-electron chi connectivity index (χ2n) is 4.24. The fourth-order valence-corrected chi connectivity index (χ4v) is 1.36. The average Bonchev–Trinajstić information content (AvgIpc) is 2.17. The zero-order valence-electron chi connectivity index (χ0n) is 9.73. The normalized spacial score (nSPS) is 12.9. The van der Waals surface area contributed by atoms with Crippen molar-refractivity contribution in [3.63, 3.8) is 0 Å². The molecule has 15 heavy (non-hydrogen) atoms. The summed E-state index contributed by atoms with van der Waals surface area (Å²) in [5, 5.41) is 9.53. The van der Waals surface area contributed by atoms with Crippen molar-refractivity contribution < 1.29 is 9.84 Å². The van der Waals surface area contributed by atoms with Crippen molar-refractivity contribution in [1.29, 1.82) is 0 Å². The molecule has 1 aromatic rings. The van der Waals surface area contributed by atoms with Gasteiger partial charge < -0.3 is 9.84 Å². The Labute approximate surface area is 91.9 Å². The lowest BCUT2D eigenvalue weighted by atomic mass is 10.1. The van der Waals surface area contributed by atoms with Gasteiger partial charge in [-0.1, -0.05) is 32.0 Å². The van der Waals surface area contributed by atoms with E-state index in [2.05, 4.69) is 13.8 Å². The number of para-hydroxylation sites is 1. The maximum atomic E-state index is 9.53. The highest BCUT2D eigenvalue weighted by Gasteiger charge is 2.07. The van der Waals surface area contributed by atoms with Gasteiger partial charge in [0.25, 0.3) is 0 Å². The summed E-state index contributed by atoms with van der Waals surface area (Å²) in [6.07, 6.45) is 0.564. The largest absolute Gasteiger partial charge is 0.493 e. The molecular formula is C13H20O2. The van der Waals surface area contributed by atoms with Gasteiger partial charge in [-0.05, 0) is 25.3 Å². The van der Waals surface area contributed by atoms with Crippen molar-refractivity contribution in [1.82, 2.24) is 0 Å². The Bertz CT molecular complexity index is 292. The Morgan fingerprint density at radius 1 is 1.20 bits per heavy atom. The van der Waals surface area contributed by atoms with Crippen LogP contribution in [0.15, 0.2) is 24.3 Å². The first kappa shape index (κ1) is 12.1. The number of hydrogen-bond donors (Lipinski definition) is 1. The number of hydrogen-bond acceptors (Lipinski definition) is 2. The van der Waals surface area contributed by atoms with Crippen LogP contribution in [0.1, 0.15) is 38.9 Å². The van der Waals surface area contributed by atoms with Gasteiger partial charge in [0.15, 0.2) is 0 Å². The van der Waals surface area contributed by atoms with Crippen LogP contribution in [0.25, 0.3) is 0 Å². The number of aliphatic hydroxyl groups is 1. The Hall–Kier alpha value is -1.02. The van der Waals surface area contributed by atoms with Crippen LogP contribution in [0.5, 0.6) is 5.75 Å². The summed E-state index contributed by atoms with van der Waals surface area (Å²) >= 11 is 0. The molecule has 0 aliphatic heterocycles. The molecular weight excluding hydrogens is 188 g/mol. The molecule has 0 saturated carbocycles. The number of rotatable bonds is 5. The first-order valence-electron chi connectivity index (χ1n) is 5.51. The average molecular weight is 208 g/mol. The van der Waals surface area contributed by atoms with Crippen LogP contribution in [0.4, 0.5) is 0 Å². The van der Waals surface area contributed by atoms with E-state index in [1.54, 1.807) is 6.92 Å². The molecule has 2 heteroatoms. The van der Waals surface area contributed by atoms with Crippen LogP contribution in [0.3, 0.4) is 0 Å². The molecule has 0 amide bonds. The van der Waals surface area contributed by atoms with Crippen molar-refractivity contribution in [3.05, 3.63) is 29.8 Å². The monoisotopic (exact) mass is 208 g/mol. The zero-order valence-corrected chi connectivity index (χ0v) is 9.73. The number of benzene rings is 1. The smallest absolute Gasteiger partial charge is 0.125 e. The lowest BCUT2D eigenvalue weighted by molar-refractivity contribution is 0.190. The first-order chi connectivity index (χ1) is 7.11. The lowest BCUT2D eigenvalue weighted by Gasteiger charge is -2.13. The maximum absolute atomic E-state index is 9.53. The van der Waals surface area contributed by atoms with E-state index < -0.39 is 6.10 Å². The minimum absolute atomic E-state index is 0.472. The predicted molar refractivity (Wildman–Crippen MR) is 62.0 cm³/mol. The van der Waals surface area contributed by atoms with Crippen LogP contribution in [-0.4, -0.2) is 11.7 Å². The van der Waals surface area contributed by atoms with Gasteiger partial charge in [-0.15, -0.1) is 0 Å². The maximum Gasteiger partial charge on any atom is 0.125 e. The Kier molecular flexibility index (Phi) is 4.63. The zero-order chi connectivity index (χ0) is 11.3. The summed E-state index contributed by atoms with van der Waals surface area (Å²) in [4.78, 5) is 0. The lowest BCUT2D eigenvalue weighted by Crippen LogP contribution is -2.04. The SMILES string of the molecule is CC(C)CCOc1ccccc1[C@@H](C)O. The fraction of sp³-hybridized carbons (Fsp3) is 0.538. The van der Waals surface area contributed by atoms with Gasteiger partial charge in [-0.25, -0.2) is 0 Å². The third-order valence-corrected chi connectivity index (χ3v) is 2.32. The van der Waals surface area contributed by atoms with Gasteiger partial charge in [-0.3, -0.25) is 0 Å². The molecule has 84 valence electrons. The summed E-state index contributed by atoms with van der Waals surface area (Å²) in [6.45, 7) is 6.81. The third-order valence-electron chi connectivity index (χ3n) is 2.32. The van der Waals surface area contributed by atoms with Gasteiger partial charge >= 0.3 is 0 Å². The summed E-state index contributed by atoms with van der Waals surface area (Å²) in [5.41, 5.74) is 0.862. The van der Waals surface area contributed by atoms with E-state index in [9.17, 15) is 5.11 Å². The second-order valence-corrected chi connectivity index (χ2v) is 4.24. The Morgan fingerprint density at radius 3 is 2.47 bits per heavy atom. The van der Waals surface area contributed by atoms with Gasteiger partial charge in [-0.2, -0.15) is 0 Å². The number of ether oxygens (including phenoxy) is 1. The summed E-state index contributed by atoms with van der Waals surface area (Å²) in [5.74, 6) is 1.44.